The Hall–Kier alpha value is 1.94. The average molecular weight is 204 g/mol. The molecule has 0 saturated carbocycles. The molecule has 1 N–H and O–H groups in total. The molecule has 0 spiro atoms. The molecule has 58 valence electrons. The molecule has 0 atom stereocenters. The van der Waals surface area contributed by atoms with Crippen molar-refractivity contribution in [2.75, 3.05) is 7.11 Å². The zero-order chi connectivity index (χ0) is 7.28. The van der Waals surface area contributed by atoms with E-state index >= 15 is 0 Å². The number of hydrogen-bond donors (Lipinski definition) is 1. The Balaban J connectivity index is -0.0000000213. The summed E-state index contributed by atoms with van der Waals surface area (Å²) in [6, 6.07) is 0. The number of esters is 1. The second-order valence-electron chi connectivity index (χ2n) is 1.47. The van der Waals surface area contributed by atoms with Crippen LogP contribution < -0.4 is 88.7 Å². The van der Waals surface area contributed by atoms with Gasteiger partial charge in [-0.25, -0.2) is 0 Å². The standard InChI is InChI=1S/C5H8O4.3Na.3H/c1-9-5(8)3-2-4(6)7;;;;;;/h2-3H2,1H3,(H,6,7);;;;;;/q;3*+1;3*-1. The number of hydrogen-bond acceptors (Lipinski definition) is 3. The molecule has 0 aromatic carbocycles. The smallest absolute Gasteiger partial charge is 1.00 e. The summed E-state index contributed by atoms with van der Waals surface area (Å²) < 4.78 is 4.20. The number of carboxylic acid groups (broad SMARTS) is 1. The normalized spacial score (nSPS) is 6.42. The SMILES string of the molecule is COC(=O)CCC(=O)O.[H-].[H-].[H-].[Na+].[Na+].[Na+]. The Morgan fingerprint density at radius 3 is 1.92 bits per heavy atom. The monoisotopic (exact) mass is 204 g/mol. The largest absolute Gasteiger partial charge is 1.00 e. The predicted octanol–water partition coefficient (Wildman–Crippen LogP) is -8.63. The second-order valence-corrected chi connectivity index (χ2v) is 1.47. The maximum absolute atomic E-state index is 10.2. The van der Waals surface area contributed by atoms with E-state index in [9.17, 15) is 9.59 Å². The first-order chi connectivity index (χ1) is 4.16. The molecular weight excluding hydrogens is 193 g/mol. The predicted molar refractivity (Wildman–Crippen MR) is 32.2 cm³/mol. The average Bonchev–Trinajstić information content (AvgIpc) is 1.83. The van der Waals surface area contributed by atoms with Crippen molar-refractivity contribution in [3.05, 3.63) is 0 Å². The molecule has 0 rings (SSSR count). The molecule has 0 aromatic heterocycles. The minimum atomic E-state index is -0.986. The Bertz CT molecular complexity index is 139. The maximum Gasteiger partial charge on any atom is 1.00 e. The molecule has 0 aromatic rings. The third-order valence-corrected chi connectivity index (χ3v) is 0.771. The van der Waals surface area contributed by atoms with Gasteiger partial charge in [-0.15, -0.1) is 0 Å². The summed E-state index contributed by atoms with van der Waals surface area (Å²) in [4.78, 5) is 20.0. The number of rotatable bonds is 3. The minimum absolute atomic E-state index is 0. The molecule has 0 aliphatic carbocycles. The minimum Gasteiger partial charge on any atom is -1.00 e. The fourth-order valence-corrected chi connectivity index (χ4v) is 0.311. The zero-order valence-corrected chi connectivity index (χ0v) is 14.1. The van der Waals surface area contributed by atoms with Crippen LogP contribution in [0.4, 0.5) is 0 Å². The number of aliphatic carboxylic acids is 1. The molecule has 0 aliphatic rings. The molecule has 0 unspecified atom stereocenters. The van der Waals surface area contributed by atoms with E-state index in [2.05, 4.69) is 4.74 Å². The van der Waals surface area contributed by atoms with Gasteiger partial charge in [-0.05, 0) is 0 Å². The summed E-state index contributed by atoms with van der Waals surface area (Å²) in [6.07, 6.45) is -0.210. The van der Waals surface area contributed by atoms with E-state index < -0.39 is 11.9 Å². The van der Waals surface area contributed by atoms with Gasteiger partial charge in [0.25, 0.3) is 0 Å². The molecule has 0 saturated heterocycles. The summed E-state index contributed by atoms with van der Waals surface area (Å²) in [5.41, 5.74) is 0. The van der Waals surface area contributed by atoms with E-state index in [0.717, 1.165) is 0 Å². The first kappa shape index (κ1) is 23.6. The van der Waals surface area contributed by atoms with Crippen molar-refractivity contribution in [1.29, 1.82) is 0 Å². The van der Waals surface area contributed by atoms with Crippen LogP contribution in [-0.2, 0) is 14.3 Å². The van der Waals surface area contributed by atoms with E-state index in [0.29, 0.717) is 0 Å². The van der Waals surface area contributed by atoms with Crippen LogP contribution in [0.3, 0.4) is 0 Å². The van der Waals surface area contributed by atoms with Gasteiger partial charge in [-0.2, -0.15) is 0 Å². The molecule has 0 radical (unpaired) electrons. The van der Waals surface area contributed by atoms with Gasteiger partial charge in [0, 0.05) is 0 Å². The van der Waals surface area contributed by atoms with E-state index in [-0.39, 0.29) is 106 Å². The summed E-state index contributed by atoms with van der Waals surface area (Å²) in [5, 5.41) is 8.05. The molecule has 0 heterocycles. The molecule has 7 heteroatoms. The summed E-state index contributed by atoms with van der Waals surface area (Å²) in [5.74, 6) is -1.47. The van der Waals surface area contributed by atoms with Crippen LogP contribution in [-0.4, -0.2) is 24.2 Å². The van der Waals surface area contributed by atoms with Crippen molar-refractivity contribution in [3.8, 4) is 0 Å². The Kier molecular flexibility index (Phi) is 30.3. The van der Waals surface area contributed by atoms with Crippen molar-refractivity contribution in [2.45, 2.75) is 12.8 Å². The number of carboxylic acids is 1. The number of methoxy groups -OCH3 is 1. The molecule has 12 heavy (non-hydrogen) atoms. The fourth-order valence-electron chi connectivity index (χ4n) is 0.311. The van der Waals surface area contributed by atoms with E-state index in [1.165, 1.54) is 7.11 Å². The Labute approximate surface area is 142 Å². The van der Waals surface area contributed by atoms with Crippen molar-refractivity contribution >= 4 is 11.9 Å². The van der Waals surface area contributed by atoms with Gasteiger partial charge in [0.05, 0.1) is 20.0 Å². The van der Waals surface area contributed by atoms with Gasteiger partial charge in [0.1, 0.15) is 0 Å². The van der Waals surface area contributed by atoms with E-state index in [1.807, 2.05) is 0 Å². The van der Waals surface area contributed by atoms with Gasteiger partial charge in [0.2, 0.25) is 0 Å². The van der Waals surface area contributed by atoms with Crippen molar-refractivity contribution in [2.24, 2.45) is 0 Å². The van der Waals surface area contributed by atoms with Crippen molar-refractivity contribution in [3.63, 3.8) is 0 Å². The quantitative estimate of drug-likeness (QED) is 0.366. The van der Waals surface area contributed by atoms with Crippen LogP contribution in [0, 0.1) is 0 Å². The van der Waals surface area contributed by atoms with Crippen LogP contribution >= 0.6 is 0 Å². The summed E-state index contributed by atoms with van der Waals surface area (Å²) >= 11 is 0. The van der Waals surface area contributed by atoms with Gasteiger partial charge >= 0.3 is 101 Å². The van der Waals surface area contributed by atoms with Crippen LogP contribution in [0.5, 0.6) is 0 Å². The topological polar surface area (TPSA) is 63.6 Å². The zero-order valence-electron chi connectivity index (χ0n) is 11.1. The number of carbonyl (C=O) groups is 2. The van der Waals surface area contributed by atoms with Gasteiger partial charge in [-0.1, -0.05) is 0 Å². The molecule has 0 aliphatic heterocycles. The molecule has 4 nitrogen and oxygen atoms in total. The maximum atomic E-state index is 10.2. The Morgan fingerprint density at radius 1 is 1.25 bits per heavy atom. The van der Waals surface area contributed by atoms with E-state index in [4.69, 9.17) is 5.11 Å². The van der Waals surface area contributed by atoms with E-state index in [1.54, 1.807) is 0 Å². The number of carbonyl (C=O) groups excluding carboxylic acids is 1. The van der Waals surface area contributed by atoms with Crippen molar-refractivity contribution in [1.82, 2.24) is 0 Å². The fraction of sp³-hybridized carbons (Fsp3) is 0.600. The van der Waals surface area contributed by atoms with Crippen molar-refractivity contribution < 1.29 is 112 Å². The molecular formula is C5H11Na3O4. The molecule has 0 bridgehead atoms. The van der Waals surface area contributed by atoms with Gasteiger partial charge < -0.3 is 14.1 Å². The number of ether oxygens (including phenoxy) is 1. The first-order valence-electron chi connectivity index (χ1n) is 2.45. The van der Waals surface area contributed by atoms with Crippen LogP contribution in [0.25, 0.3) is 0 Å². The second kappa shape index (κ2) is 15.4. The summed E-state index contributed by atoms with van der Waals surface area (Å²) in [6.45, 7) is 0. The van der Waals surface area contributed by atoms with Crippen LogP contribution in [0.1, 0.15) is 17.1 Å². The van der Waals surface area contributed by atoms with Gasteiger partial charge in [0.15, 0.2) is 0 Å². The Morgan fingerprint density at radius 2 is 1.67 bits per heavy atom. The first-order valence-corrected chi connectivity index (χ1v) is 2.45. The molecule has 0 amide bonds. The third-order valence-electron chi connectivity index (χ3n) is 0.771. The third kappa shape index (κ3) is 17.9. The van der Waals surface area contributed by atoms with Crippen LogP contribution in [0.2, 0.25) is 0 Å². The summed E-state index contributed by atoms with van der Waals surface area (Å²) in [7, 11) is 1.23. The van der Waals surface area contributed by atoms with Gasteiger partial charge in [-0.3, -0.25) is 9.59 Å². The van der Waals surface area contributed by atoms with Crippen LogP contribution in [0.15, 0.2) is 0 Å². The molecule has 0 fully saturated rings.